The molecule has 5 nitrogen and oxygen atoms in total. The molecule has 2 N–H and O–H groups in total. The molecule has 4 rings (SSSR count). The predicted octanol–water partition coefficient (Wildman–Crippen LogP) is 3.99. The number of hydrogen-bond acceptors (Lipinski definition) is 5. The van der Waals surface area contributed by atoms with Gasteiger partial charge < -0.3 is 15.3 Å². The number of aryl methyl sites for hydroxylation is 1. The summed E-state index contributed by atoms with van der Waals surface area (Å²) in [6.45, 7) is 8.02. The van der Waals surface area contributed by atoms with Gasteiger partial charge in [0.2, 0.25) is 0 Å². The first-order chi connectivity index (χ1) is 13.0. The fourth-order valence-corrected chi connectivity index (χ4v) is 3.87. The van der Waals surface area contributed by atoms with E-state index in [1.807, 2.05) is 0 Å². The molecule has 0 spiro atoms. The lowest BCUT2D eigenvalue weighted by molar-refractivity contribution is 0.198. The van der Waals surface area contributed by atoms with Crippen molar-refractivity contribution in [3.63, 3.8) is 0 Å². The third-order valence-corrected chi connectivity index (χ3v) is 5.64. The maximum atomic E-state index is 9.85. The molecule has 0 aliphatic carbocycles. The molecule has 1 aliphatic rings. The highest BCUT2D eigenvalue weighted by molar-refractivity contribution is 5.93. The summed E-state index contributed by atoms with van der Waals surface area (Å²) in [6, 6.07) is 12.9. The SMILES string of the molecule is Cc1cccc([C@@H](C)Nc2nncc3ccc(N4CC[C@H](O)C4)cc23)c1C. The minimum Gasteiger partial charge on any atom is -0.391 e. The highest BCUT2D eigenvalue weighted by atomic mass is 16.3. The van der Waals surface area contributed by atoms with Crippen LogP contribution in [-0.4, -0.2) is 34.5 Å². The third-order valence-electron chi connectivity index (χ3n) is 5.64. The van der Waals surface area contributed by atoms with Gasteiger partial charge in [-0.05, 0) is 56.0 Å². The fraction of sp³-hybridized carbons (Fsp3) is 0.364. The Hall–Kier alpha value is -2.66. The van der Waals surface area contributed by atoms with Crippen molar-refractivity contribution in [3.8, 4) is 0 Å². The molecule has 1 aromatic heterocycles. The number of benzene rings is 2. The summed E-state index contributed by atoms with van der Waals surface area (Å²) in [5, 5.41) is 24.1. The topological polar surface area (TPSA) is 61.3 Å². The van der Waals surface area contributed by atoms with E-state index in [2.05, 4.69) is 77.6 Å². The van der Waals surface area contributed by atoms with Gasteiger partial charge in [-0.1, -0.05) is 24.3 Å². The number of β-amino-alcohol motifs (C(OH)–C–C–N with tert-alkyl or cyclic N) is 1. The molecule has 1 saturated heterocycles. The summed E-state index contributed by atoms with van der Waals surface area (Å²) in [7, 11) is 0. The lowest BCUT2D eigenvalue weighted by Crippen LogP contribution is -2.21. The molecule has 3 aromatic rings. The fourth-order valence-electron chi connectivity index (χ4n) is 3.87. The molecule has 1 fully saturated rings. The zero-order chi connectivity index (χ0) is 19.0. The highest BCUT2D eigenvalue weighted by Gasteiger charge is 2.21. The van der Waals surface area contributed by atoms with Crippen LogP contribution in [0.2, 0.25) is 0 Å². The smallest absolute Gasteiger partial charge is 0.157 e. The van der Waals surface area contributed by atoms with Crippen LogP contribution in [0.25, 0.3) is 10.8 Å². The van der Waals surface area contributed by atoms with Crippen LogP contribution >= 0.6 is 0 Å². The van der Waals surface area contributed by atoms with Crippen LogP contribution in [0.4, 0.5) is 11.5 Å². The Kier molecular flexibility index (Phi) is 4.70. The number of rotatable bonds is 4. The molecule has 2 aromatic carbocycles. The highest BCUT2D eigenvalue weighted by Crippen LogP contribution is 2.30. The zero-order valence-electron chi connectivity index (χ0n) is 16.1. The van der Waals surface area contributed by atoms with Crippen LogP contribution in [0.5, 0.6) is 0 Å². The van der Waals surface area contributed by atoms with E-state index in [0.29, 0.717) is 6.54 Å². The lowest BCUT2D eigenvalue weighted by Gasteiger charge is -2.21. The van der Waals surface area contributed by atoms with Crippen molar-refractivity contribution in [2.24, 2.45) is 0 Å². The second-order valence-corrected chi connectivity index (χ2v) is 7.51. The predicted molar refractivity (Wildman–Crippen MR) is 110 cm³/mol. The number of aromatic nitrogens is 2. The molecule has 140 valence electrons. The Morgan fingerprint density at radius 1 is 1.22 bits per heavy atom. The normalized spacial score (nSPS) is 18.1. The minimum atomic E-state index is -0.238. The first-order valence-electron chi connectivity index (χ1n) is 9.54. The molecular formula is C22H26N4O. The summed E-state index contributed by atoms with van der Waals surface area (Å²) in [6.07, 6.45) is 2.38. The van der Waals surface area contributed by atoms with Crippen molar-refractivity contribution in [1.82, 2.24) is 10.2 Å². The Balaban J connectivity index is 1.67. The average molecular weight is 362 g/mol. The molecular weight excluding hydrogens is 336 g/mol. The van der Waals surface area contributed by atoms with Crippen LogP contribution in [0, 0.1) is 13.8 Å². The number of nitrogens with zero attached hydrogens (tertiary/aromatic N) is 3. The zero-order valence-corrected chi connectivity index (χ0v) is 16.1. The van der Waals surface area contributed by atoms with Crippen LogP contribution in [0.3, 0.4) is 0 Å². The molecule has 2 atom stereocenters. The van der Waals surface area contributed by atoms with E-state index < -0.39 is 0 Å². The number of nitrogens with one attached hydrogen (secondary N) is 1. The van der Waals surface area contributed by atoms with Gasteiger partial charge in [-0.15, -0.1) is 5.10 Å². The summed E-state index contributed by atoms with van der Waals surface area (Å²) in [5.41, 5.74) is 4.99. The van der Waals surface area contributed by atoms with Gasteiger partial charge in [0.15, 0.2) is 5.82 Å². The van der Waals surface area contributed by atoms with E-state index in [0.717, 1.165) is 35.2 Å². The van der Waals surface area contributed by atoms with Gasteiger partial charge in [-0.25, -0.2) is 0 Å². The molecule has 0 saturated carbocycles. The lowest BCUT2D eigenvalue weighted by atomic mass is 9.98. The van der Waals surface area contributed by atoms with Gasteiger partial charge in [0.1, 0.15) is 0 Å². The van der Waals surface area contributed by atoms with Crippen LogP contribution < -0.4 is 10.2 Å². The number of fused-ring (bicyclic) bond motifs is 1. The molecule has 0 bridgehead atoms. The number of aliphatic hydroxyl groups excluding tert-OH is 1. The Morgan fingerprint density at radius 2 is 2.07 bits per heavy atom. The molecule has 0 amide bonds. The van der Waals surface area contributed by atoms with Crippen molar-refractivity contribution < 1.29 is 5.11 Å². The van der Waals surface area contributed by atoms with Crippen molar-refractivity contribution in [3.05, 3.63) is 59.3 Å². The van der Waals surface area contributed by atoms with Gasteiger partial charge in [0.25, 0.3) is 0 Å². The first kappa shape index (κ1) is 17.7. The summed E-state index contributed by atoms with van der Waals surface area (Å²) < 4.78 is 0. The van der Waals surface area contributed by atoms with Gasteiger partial charge in [0, 0.05) is 29.5 Å². The second-order valence-electron chi connectivity index (χ2n) is 7.51. The van der Waals surface area contributed by atoms with Crippen LogP contribution in [0.15, 0.2) is 42.6 Å². The molecule has 0 radical (unpaired) electrons. The van der Waals surface area contributed by atoms with Crippen molar-refractivity contribution >= 4 is 22.3 Å². The summed E-state index contributed by atoms with van der Waals surface area (Å²) in [4.78, 5) is 2.22. The van der Waals surface area contributed by atoms with Crippen molar-refractivity contribution in [1.29, 1.82) is 0 Å². The van der Waals surface area contributed by atoms with E-state index >= 15 is 0 Å². The first-order valence-corrected chi connectivity index (χ1v) is 9.54. The molecule has 2 heterocycles. The van der Waals surface area contributed by atoms with Crippen LogP contribution in [-0.2, 0) is 0 Å². The summed E-state index contributed by atoms with van der Waals surface area (Å²) >= 11 is 0. The van der Waals surface area contributed by atoms with Crippen molar-refractivity contribution in [2.75, 3.05) is 23.3 Å². The third kappa shape index (κ3) is 3.47. The Morgan fingerprint density at radius 3 is 2.85 bits per heavy atom. The molecule has 5 heteroatoms. The molecule has 27 heavy (non-hydrogen) atoms. The van der Waals surface area contributed by atoms with Gasteiger partial charge in [-0.3, -0.25) is 0 Å². The quantitative estimate of drug-likeness (QED) is 0.735. The van der Waals surface area contributed by atoms with Crippen molar-refractivity contribution in [2.45, 2.75) is 39.3 Å². The number of hydrogen-bond donors (Lipinski definition) is 2. The molecule has 0 unspecified atom stereocenters. The van der Waals surface area contributed by atoms with E-state index in [9.17, 15) is 5.11 Å². The summed E-state index contributed by atoms with van der Waals surface area (Å²) in [5.74, 6) is 0.794. The van der Waals surface area contributed by atoms with E-state index in [1.165, 1.54) is 16.7 Å². The van der Waals surface area contributed by atoms with Gasteiger partial charge >= 0.3 is 0 Å². The minimum absolute atomic E-state index is 0.127. The molecule has 1 aliphatic heterocycles. The monoisotopic (exact) mass is 362 g/mol. The van der Waals surface area contributed by atoms with Gasteiger partial charge in [-0.2, -0.15) is 5.10 Å². The maximum absolute atomic E-state index is 9.85. The van der Waals surface area contributed by atoms with E-state index in [1.54, 1.807) is 6.20 Å². The Labute approximate surface area is 160 Å². The number of anilines is 2. The maximum Gasteiger partial charge on any atom is 0.157 e. The van der Waals surface area contributed by atoms with E-state index in [-0.39, 0.29) is 12.1 Å². The standard InChI is InChI=1S/C22H26N4O/c1-14-5-4-6-20(15(14)2)16(3)24-22-21-11-18(26-10-9-19(27)13-26)8-7-17(21)12-23-25-22/h4-8,11-12,16,19,27H,9-10,13H2,1-3H3,(H,24,25)/t16-,19+/m1/s1. The average Bonchev–Trinajstić information content (AvgIpc) is 3.10. The van der Waals surface area contributed by atoms with E-state index in [4.69, 9.17) is 0 Å². The largest absolute Gasteiger partial charge is 0.391 e. The second kappa shape index (κ2) is 7.16. The van der Waals surface area contributed by atoms with Crippen LogP contribution in [0.1, 0.15) is 36.1 Å². The van der Waals surface area contributed by atoms with Gasteiger partial charge in [0.05, 0.1) is 18.3 Å². The Bertz CT molecular complexity index is 972. The number of aliphatic hydroxyl groups is 1.